The van der Waals surface area contributed by atoms with Crippen molar-refractivity contribution in [1.82, 2.24) is 14.8 Å². The van der Waals surface area contributed by atoms with Gasteiger partial charge < -0.3 is 5.11 Å². The van der Waals surface area contributed by atoms with Crippen LogP contribution in [0.3, 0.4) is 0 Å². The molecule has 1 heterocycles. The summed E-state index contributed by atoms with van der Waals surface area (Å²) in [6, 6.07) is 13.8. The first-order valence-electron chi connectivity index (χ1n) is 7.45. The highest BCUT2D eigenvalue weighted by atomic mass is 19.1. The maximum atomic E-state index is 13.0. The maximum absolute atomic E-state index is 13.0. The van der Waals surface area contributed by atoms with E-state index in [0.717, 1.165) is 11.1 Å². The van der Waals surface area contributed by atoms with Gasteiger partial charge in [-0.25, -0.2) is 14.1 Å². The Bertz CT molecular complexity index is 811. The van der Waals surface area contributed by atoms with Crippen LogP contribution < -0.4 is 0 Å². The molecule has 0 aliphatic carbocycles. The van der Waals surface area contributed by atoms with Crippen molar-refractivity contribution in [3.8, 4) is 11.4 Å². The molecule has 3 rings (SSSR count). The summed E-state index contributed by atoms with van der Waals surface area (Å²) in [6.07, 6.45) is -0.778. The van der Waals surface area contributed by atoms with E-state index >= 15 is 0 Å². The fraction of sp³-hybridized carbons (Fsp3) is 0.222. The number of hydrogen-bond donors (Lipinski definition) is 1. The molecule has 0 aliphatic rings. The van der Waals surface area contributed by atoms with Crippen LogP contribution in [-0.2, 0) is 6.54 Å². The van der Waals surface area contributed by atoms with Crippen LogP contribution in [0.2, 0.25) is 0 Å². The average molecular weight is 311 g/mol. The number of nitrogens with zero attached hydrogens (tertiary/aromatic N) is 3. The molecule has 1 N–H and O–H groups in total. The molecule has 0 bridgehead atoms. The van der Waals surface area contributed by atoms with Gasteiger partial charge in [0.05, 0.1) is 12.6 Å². The molecule has 4 nitrogen and oxygen atoms in total. The highest BCUT2D eigenvalue weighted by Gasteiger charge is 2.15. The number of aliphatic hydroxyl groups is 1. The van der Waals surface area contributed by atoms with Gasteiger partial charge in [-0.2, -0.15) is 5.10 Å². The molecular weight excluding hydrogens is 293 g/mol. The standard InChI is InChI=1S/C18H18FN3O/c1-12-4-3-5-15(10-12)18-20-13(2)21-22(18)11-17(23)14-6-8-16(19)9-7-14/h3-10,17,23H,11H2,1-2H3. The minimum atomic E-state index is -0.778. The van der Waals surface area contributed by atoms with Crippen LogP contribution in [0.5, 0.6) is 0 Å². The molecule has 118 valence electrons. The Morgan fingerprint density at radius 1 is 1.13 bits per heavy atom. The highest BCUT2D eigenvalue weighted by Crippen LogP contribution is 2.22. The summed E-state index contributed by atoms with van der Waals surface area (Å²) in [4.78, 5) is 4.46. The Morgan fingerprint density at radius 2 is 1.87 bits per heavy atom. The smallest absolute Gasteiger partial charge is 0.158 e. The maximum Gasteiger partial charge on any atom is 0.158 e. The lowest BCUT2D eigenvalue weighted by Crippen LogP contribution is -2.11. The molecule has 1 atom stereocenters. The van der Waals surface area contributed by atoms with Crippen molar-refractivity contribution < 1.29 is 9.50 Å². The molecule has 0 aliphatic heterocycles. The molecule has 0 spiro atoms. The summed E-state index contributed by atoms with van der Waals surface area (Å²) in [6.45, 7) is 4.10. The summed E-state index contributed by atoms with van der Waals surface area (Å²) < 4.78 is 14.7. The van der Waals surface area contributed by atoms with Gasteiger partial charge in [-0.1, -0.05) is 35.9 Å². The molecule has 0 saturated carbocycles. The molecule has 0 fully saturated rings. The first-order valence-corrected chi connectivity index (χ1v) is 7.45. The van der Waals surface area contributed by atoms with Crippen molar-refractivity contribution in [1.29, 1.82) is 0 Å². The highest BCUT2D eigenvalue weighted by molar-refractivity contribution is 5.56. The number of hydrogen-bond acceptors (Lipinski definition) is 3. The van der Waals surface area contributed by atoms with Crippen LogP contribution in [0.15, 0.2) is 48.5 Å². The van der Waals surface area contributed by atoms with E-state index in [1.165, 1.54) is 12.1 Å². The zero-order chi connectivity index (χ0) is 16.4. The van der Waals surface area contributed by atoms with Crippen LogP contribution in [0.1, 0.15) is 23.1 Å². The van der Waals surface area contributed by atoms with E-state index in [2.05, 4.69) is 10.1 Å². The Labute approximate surface area is 134 Å². The second-order valence-electron chi connectivity index (χ2n) is 5.60. The summed E-state index contributed by atoms with van der Waals surface area (Å²) in [5.41, 5.74) is 2.74. The number of halogens is 1. The van der Waals surface area contributed by atoms with E-state index in [-0.39, 0.29) is 12.4 Å². The van der Waals surface area contributed by atoms with Gasteiger partial charge in [-0.05, 0) is 37.6 Å². The molecule has 0 radical (unpaired) electrons. The van der Waals surface area contributed by atoms with Crippen molar-refractivity contribution in [2.45, 2.75) is 26.5 Å². The Kier molecular flexibility index (Phi) is 4.21. The van der Waals surface area contributed by atoms with Crippen molar-refractivity contribution in [2.24, 2.45) is 0 Å². The molecule has 2 aromatic carbocycles. The van der Waals surface area contributed by atoms with Gasteiger partial charge in [-0.15, -0.1) is 0 Å². The van der Waals surface area contributed by atoms with Crippen LogP contribution in [0.25, 0.3) is 11.4 Å². The Morgan fingerprint density at radius 3 is 2.57 bits per heavy atom. The number of benzene rings is 2. The lowest BCUT2D eigenvalue weighted by Gasteiger charge is -2.13. The van der Waals surface area contributed by atoms with E-state index < -0.39 is 6.10 Å². The second kappa shape index (κ2) is 6.30. The van der Waals surface area contributed by atoms with Gasteiger partial charge in [0.1, 0.15) is 11.6 Å². The van der Waals surface area contributed by atoms with Crippen molar-refractivity contribution in [3.05, 3.63) is 71.3 Å². The Balaban J connectivity index is 1.90. The summed E-state index contributed by atoms with van der Waals surface area (Å²) >= 11 is 0. The lowest BCUT2D eigenvalue weighted by molar-refractivity contribution is 0.152. The largest absolute Gasteiger partial charge is 0.386 e. The first kappa shape index (κ1) is 15.4. The minimum absolute atomic E-state index is 0.260. The molecule has 5 heteroatoms. The van der Waals surface area contributed by atoms with Gasteiger partial charge in [0, 0.05) is 5.56 Å². The quantitative estimate of drug-likeness (QED) is 0.803. The van der Waals surface area contributed by atoms with E-state index in [9.17, 15) is 9.50 Å². The van der Waals surface area contributed by atoms with Crippen LogP contribution in [0, 0.1) is 19.7 Å². The summed E-state index contributed by atoms with van der Waals surface area (Å²) in [5, 5.41) is 14.8. The molecule has 1 aromatic heterocycles. The van der Waals surface area contributed by atoms with Crippen molar-refractivity contribution in [3.63, 3.8) is 0 Å². The number of aromatic nitrogens is 3. The van der Waals surface area contributed by atoms with Gasteiger partial charge in [0.2, 0.25) is 0 Å². The minimum Gasteiger partial charge on any atom is -0.386 e. The zero-order valence-electron chi connectivity index (χ0n) is 13.1. The van der Waals surface area contributed by atoms with E-state index in [4.69, 9.17) is 0 Å². The number of aliphatic hydroxyl groups excluding tert-OH is 1. The molecule has 23 heavy (non-hydrogen) atoms. The SMILES string of the molecule is Cc1cccc(-c2nc(C)nn2CC(O)c2ccc(F)cc2)c1. The van der Waals surface area contributed by atoms with Gasteiger partial charge in [-0.3, -0.25) is 0 Å². The van der Waals surface area contributed by atoms with Crippen LogP contribution in [0.4, 0.5) is 4.39 Å². The van der Waals surface area contributed by atoms with Crippen molar-refractivity contribution in [2.75, 3.05) is 0 Å². The average Bonchev–Trinajstić information content (AvgIpc) is 2.88. The fourth-order valence-electron chi connectivity index (χ4n) is 2.53. The Hall–Kier alpha value is -2.53. The predicted molar refractivity (Wildman–Crippen MR) is 86.3 cm³/mol. The van der Waals surface area contributed by atoms with E-state index in [0.29, 0.717) is 17.2 Å². The fourth-order valence-corrected chi connectivity index (χ4v) is 2.53. The third-order valence-electron chi connectivity index (χ3n) is 3.65. The van der Waals surface area contributed by atoms with Crippen LogP contribution in [-0.4, -0.2) is 19.9 Å². The van der Waals surface area contributed by atoms with Crippen molar-refractivity contribution >= 4 is 0 Å². The lowest BCUT2D eigenvalue weighted by atomic mass is 10.1. The van der Waals surface area contributed by atoms with Gasteiger partial charge in [0.25, 0.3) is 0 Å². The summed E-state index contributed by atoms with van der Waals surface area (Å²) in [5.74, 6) is 1.04. The third kappa shape index (κ3) is 3.46. The van der Waals surface area contributed by atoms with Crippen LogP contribution >= 0.6 is 0 Å². The first-order chi connectivity index (χ1) is 11.0. The monoisotopic (exact) mass is 311 g/mol. The van der Waals surface area contributed by atoms with E-state index in [1.807, 2.05) is 38.1 Å². The summed E-state index contributed by atoms with van der Waals surface area (Å²) in [7, 11) is 0. The second-order valence-corrected chi connectivity index (χ2v) is 5.60. The number of rotatable bonds is 4. The normalized spacial score (nSPS) is 12.3. The molecule has 0 saturated heterocycles. The molecule has 3 aromatic rings. The molecule has 0 amide bonds. The van der Waals surface area contributed by atoms with E-state index in [1.54, 1.807) is 16.8 Å². The molecule has 1 unspecified atom stereocenters. The third-order valence-corrected chi connectivity index (χ3v) is 3.65. The van der Waals surface area contributed by atoms with Gasteiger partial charge >= 0.3 is 0 Å². The van der Waals surface area contributed by atoms with Gasteiger partial charge in [0.15, 0.2) is 5.82 Å². The number of aryl methyl sites for hydroxylation is 2. The predicted octanol–water partition coefficient (Wildman–Crippen LogP) is 3.43. The topological polar surface area (TPSA) is 50.9 Å². The molecular formula is C18H18FN3O. The zero-order valence-corrected chi connectivity index (χ0v) is 13.1.